The molecule has 1 heterocycles. The summed E-state index contributed by atoms with van der Waals surface area (Å²) in [6.45, 7) is 12.6. The zero-order valence-electron chi connectivity index (χ0n) is 23.2. The number of hydrogen-bond donors (Lipinski definition) is 0. The molecular formula is C31H48N2O2S. The van der Waals surface area contributed by atoms with Crippen molar-refractivity contribution in [2.75, 3.05) is 0 Å². The number of carbonyl (C=O) groups excluding carboxylic acids is 1. The van der Waals surface area contributed by atoms with Crippen LogP contribution in [0.25, 0.3) is 0 Å². The van der Waals surface area contributed by atoms with Crippen molar-refractivity contribution in [1.82, 2.24) is 9.55 Å². The lowest BCUT2D eigenvalue weighted by Gasteiger charge is -2.58. The van der Waals surface area contributed by atoms with Gasteiger partial charge in [0.25, 0.3) is 0 Å². The lowest BCUT2D eigenvalue weighted by molar-refractivity contribution is -0.0551. The van der Waals surface area contributed by atoms with Crippen LogP contribution < -0.4 is 0 Å². The first kappa shape index (κ1) is 26.5. The maximum atomic E-state index is 12.3. The molecule has 4 aliphatic carbocycles. The Morgan fingerprint density at radius 3 is 2.72 bits per heavy atom. The maximum absolute atomic E-state index is 12.3. The van der Waals surface area contributed by atoms with Gasteiger partial charge in [0, 0.05) is 12.4 Å². The number of imidazole rings is 1. The van der Waals surface area contributed by atoms with Crippen LogP contribution in [0.4, 0.5) is 4.79 Å². The summed E-state index contributed by atoms with van der Waals surface area (Å²) in [6.07, 6.45) is 22.0. The fourth-order valence-corrected chi connectivity index (χ4v) is 9.83. The summed E-state index contributed by atoms with van der Waals surface area (Å²) >= 11 is 0.980. The fourth-order valence-electron chi connectivity index (χ4n) is 9.25. The molecule has 8 atom stereocenters. The van der Waals surface area contributed by atoms with Gasteiger partial charge < -0.3 is 4.18 Å². The van der Waals surface area contributed by atoms with E-state index in [4.69, 9.17) is 4.18 Å². The molecule has 3 saturated carbocycles. The number of fused-ring (bicyclic) bond motifs is 5. The minimum absolute atomic E-state index is 0.112. The first-order chi connectivity index (χ1) is 17.2. The Kier molecular flexibility index (Phi) is 7.81. The van der Waals surface area contributed by atoms with Crippen molar-refractivity contribution in [3.63, 3.8) is 0 Å². The van der Waals surface area contributed by atoms with E-state index in [2.05, 4.69) is 45.7 Å². The topological polar surface area (TPSA) is 44.1 Å². The summed E-state index contributed by atoms with van der Waals surface area (Å²) in [4.78, 5) is 16.3. The molecule has 5 rings (SSSR count). The summed E-state index contributed by atoms with van der Waals surface area (Å²) in [5.41, 5.74) is 2.49. The third-order valence-corrected chi connectivity index (χ3v) is 12.0. The summed E-state index contributed by atoms with van der Waals surface area (Å²) in [6, 6.07) is 0. The zero-order valence-corrected chi connectivity index (χ0v) is 24.1. The third kappa shape index (κ3) is 4.88. The molecule has 5 heteroatoms. The zero-order chi connectivity index (χ0) is 25.5. The average Bonchev–Trinajstić information content (AvgIpc) is 3.50. The number of allylic oxidation sites excluding steroid dienone is 1. The normalized spacial score (nSPS) is 38.7. The van der Waals surface area contributed by atoms with E-state index in [9.17, 15) is 4.79 Å². The van der Waals surface area contributed by atoms with Crippen LogP contribution in [0.15, 0.2) is 30.4 Å². The Bertz CT molecular complexity index is 942. The molecule has 3 fully saturated rings. The van der Waals surface area contributed by atoms with Crippen molar-refractivity contribution >= 4 is 17.3 Å². The predicted octanol–water partition coefficient (Wildman–Crippen LogP) is 8.93. The van der Waals surface area contributed by atoms with Crippen LogP contribution in [-0.4, -0.2) is 20.9 Å². The number of rotatable bonds is 7. The average molecular weight is 513 g/mol. The molecule has 1 aromatic rings. The van der Waals surface area contributed by atoms with E-state index in [1.807, 2.05) is 0 Å². The molecule has 0 saturated heterocycles. The molecule has 200 valence electrons. The Morgan fingerprint density at radius 2 is 1.97 bits per heavy atom. The van der Waals surface area contributed by atoms with Crippen molar-refractivity contribution in [3.8, 4) is 0 Å². The van der Waals surface area contributed by atoms with E-state index in [0.717, 1.165) is 60.4 Å². The molecule has 0 unspecified atom stereocenters. The number of nitrogens with zero attached hydrogens (tertiary/aromatic N) is 2. The molecule has 0 radical (unpaired) electrons. The van der Waals surface area contributed by atoms with Gasteiger partial charge >= 0.3 is 5.24 Å². The van der Waals surface area contributed by atoms with Crippen molar-refractivity contribution < 1.29 is 8.98 Å². The summed E-state index contributed by atoms with van der Waals surface area (Å²) in [5.74, 6) is 5.21. The van der Waals surface area contributed by atoms with Gasteiger partial charge in [-0.3, -0.25) is 9.36 Å². The smallest absolute Gasteiger partial charge is 0.303 e. The standard InChI is InChI=1S/C31H48N2O2S/c1-21(2)7-6-8-22(3)26-11-12-27-25-10-9-23-19-24(35-36-29(34)33-18-17-32-20-33)13-15-30(23,4)28(25)14-16-31(26,27)5/h9,17-18,20-22,24-28H,6-8,10-16,19H2,1-5H3/t22-,24+,25+,26-,27+,28+,30+,31-/m1/s1. The van der Waals surface area contributed by atoms with Crippen molar-refractivity contribution in [1.29, 1.82) is 0 Å². The fraction of sp³-hybridized carbons (Fsp3) is 0.806. The predicted molar refractivity (Wildman–Crippen MR) is 149 cm³/mol. The van der Waals surface area contributed by atoms with Crippen LogP contribution in [0.3, 0.4) is 0 Å². The minimum atomic E-state index is -0.112. The van der Waals surface area contributed by atoms with Gasteiger partial charge in [-0.25, -0.2) is 4.98 Å². The highest BCUT2D eigenvalue weighted by molar-refractivity contribution is 8.09. The minimum Gasteiger partial charge on any atom is -0.303 e. The number of carbonyl (C=O) groups is 1. The van der Waals surface area contributed by atoms with E-state index in [1.165, 1.54) is 68.7 Å². The van der Waals surface area contributed by atoms with Gasteiger partial charge in [0.1, 0.15) is 6.33 Å². The van der Waals surface area contributed by atoms with E-state index < -0.39 is 0 Å². The maximum Gasteiger partial charge on any atom is 0.318 e. The first-order valence-electron chi connectivity index (χ1n) is 14.8. The molecule has 0 N–H and O–H groups in total. The van der Waals surface area contributed by atoms with Crippen molar-refractivity contribution in [2.24, 2.45) is 46.3 Å². The van der Waals surface area contributed by atoms with Gasteiger partial charge in [0.05, 0.1) is 18.1 Å². The Morgan fingerprint density at radius 1 is 1.14 bits per heavy atom. The molecule has 36 heavy (non-hydrogen) atoms. The molecule has 4 nitrogen and oxygen atoms in total. The van der Waals surface area contributed by atoms with Gasteiger partial charge in [-0.1, -0.05) is 65.5 Å². The van der Waals surface area contributed by atoms with Crippen molar-refractivity contribution in [3.05, 3.63) is 30.4 Å². The van der Waals surface area contributed by atoms with Gasteiger partial charge in [-0.2, -0.15) is 0 Å². The second-order valence-electron chi connectivity index (χ2n) is 13.6. The van der Waals surface area contributed by atoms with Crippen LogP contribution in [-0.2, 0) is 4.18 Å². The van der Waals surface area contributed by atoms with Gasteiger partial charge in [-0.05, 0) is 97.7 Å². The largest absolute Gasteiger partial charge is 0.318 e. The SMILES string of the molecule is CC(C)CCC[C@@H](C)[C@H]1CC[C@H]2[C@@H]3CC=C4C[C@@H](OSC(=O)n5ccnc5)CC[C@]4(C)[C@H]3CC[C@]12C. The van der Waals surface area contributed by atoms with Gasteiger partial charge in [-0.15, -0.1) is 0 Å². The lowest BCUT2D eigenvalue weighted by Crippen LogP contribution is -2.50. The van der Waals surface area contributed by atoms with Crippen LogP contribution in [0.2, 0.25) is 0 Å². The quantitative estimate of drug-likeness (QED) is 0.270. The first-order valence-corrected chi connectivity index (χ1v) is 15.5. The molecule has 0 aliphatic heterocycles. The van der Waals surface area contributed by atoms with Crippen LogP contribution in [0, 0.1) is 46.3 Å². The van der Waals surface area contributed by atoms with Crippen molar-refractivity contribution in [2.45, 2.75) is 111 Å². The summed E-state index contributed by atoms with van der Waals surface area (Å²) in [7, 11) is 0. The van der Waals surface area contributed by atoms with Crippen LogP contribution in [0.1, 0.15) is 105 Å². The van der Waals surface area contributed by atoms with E-state index in [1.54, 1.807) is 18.0 Å². The molecule has 0 spiro atoms. The van der Waals surface area contributed by atoms with E-state index >= 15 is 0 Å². The highest BCUT2D eigenvalue weighted by Gasteiger charge is 2.59. The van der Waals surface area contributed by atoms with Gasteiger partial charge in [0.15, 0.2) is 0 Å². The Balaban J connectivity index is 1.22. The Labute approximate surface area is 223 Å². The molecular weight excluding hydrogens is 464 g/mol. The number of hydrogen-bond acceptors (Lipinski definition) is 4. The molecule has 0 aromatic carbocycles. The van der Waals surface area contributed by atoms with Crippen LogP contribution >= 0.6 is 12.0 Å². The second kappa shape index (κ2) is 10.6. The highest BCUT2D eigenvalue weighted by atomic mass is 32.2. The second-order valence-corrected chi connectivity index (χ2v) is 14.3. The highest BCUT2D eigenvalue weighted by Crippen LogP contribution is 2.67. The summed E-state index contributed by atoms with van der Waals surface area (Å²) in [5, 5.41) is -0.112. The molecule has 0 bridgehead atoms. The Hall–Kier alpha value is -1.07. The van der Waals surface area contributed by atoms with Crippen LogP contribution in [0.5, 0.6) is 0 Å². The lowest BCUT2D eigenvalue weighted by atomic mass is 9.47. The monoisotopic (exact) mass is 512 g/mol. The van der Waals surface area contributed by atoms with E-state index in [0.29, 0.717) is 10.8 Å². The summed E-state index contributed by atoms with van der Waals surface area (Å²) < 4.78 is 7.54. The van der Waals surface area contributed by atoms with Gasteiger partial charge in [0.2, 0.25) is 0 Å². The number of aromatic nitrogens is 2. The third-order valence-electron chi connectivity index (χ3n) is 11.2. The molecule has 1 aromatic heterocycles. The molecule has 4 aliphatic rings. The van der Waals surface area contributed by atoms with E-state index in [-0.39, 0.29) is 11.3 Å². The molecule has 0 amide bonds.